The lowest BCUT2D eigenvalue weighted by atomic mass is 10.0. The maximum Gasteiger partial charge on any atom is 0.306 e. The summed E-state index contributed by atoms with van der Waals surface area (Å²) < 4.78 is 16.8. The van der Waals surface area contributed by atoms with Gasteiger partial charge in [0.05, 0.1) is 0 Å². The molecule has 0 aromatic carbocycles. The number of hydrogen-bond acceptors (Lipinski definition) is 6. The predicted molar refractivity (Wildman–Crippen MR) is 298 cm³/mol. The van der Waals surface area contributed by atoms with Gasteiger partial charge in [-0.05, 0) is 77.0 Å². The molecule has 0 amide bonds. The number of allylic oxidation sites excluding steroid dienone is 6. The van der Waals surface area contributed by atoms with Crippen LogP contribution in [0.5, 0.6) is 0 Å². The molecule has 6 nitrogen and oxygen atoms in total. The van der Waals surface area contributed by atoms with Crippen LogP contribution < -0.4 is 0 Å². The van der Waals surface area contributed by atoms with Crippen molar-refractivity contribution in [1.82, 2.24) is 0 Å². The van der Waals surface area contributed by atoms with Crippen molar-refractivity contribution in [2.75, 3.05) is 13.2 Å². The Kier molecular flexibility index (Phi) is 56.2. The number of ether oxygens (including phenoxy) is 3. The topological polar surface area (TPSA) is 78.9 Å². The highest BCUT2D eigenvalue weighted by molar-refractivity contribution is 5.71. The minimum absolute atomic E-state index is 0.0712. The summed E-state index contributed by atoms with van der Waals surface area (Å²) in [6, 6.07) is 0. The zero-order valence-electron chi connectivity index (χ0n) is 46.3. The highest BCUT2D eigenvalue weighted by Gasteiger charge is 2.19. The molecule has 0 spiro atoms. The van der Waals surface area contributed by atoms with E-state index in [2.05, 4.69) is 57.2 Å². The van der Waals surface area contributed by atoms with E-state index in [-0.39, 0.29) is 31.1 Å². The molecule has 0 N–H and O–H groups in total. The van der Waals surface area contributed by atoms with E-state index >= 15 is 0 Å². The molecule has 0 heterocycles. The van der Waals surface area contributed by atoms with Gasteiger partial charge in [-0.1, -0.05) is 269 Å². The van der Waals surface area contributed by atoms with Gasteiger partial charge in [0.25, 0.3) is 0 Å². The molecule has 69 heavy (non-hydrogen) atoms. The zero-order valence-corrected chi connectivity index (χ0v) is 46.3. The Morgan fingerprint density at radius 2 is 0.522 bits per heavy atom. The Hall–Kier alpha value is -2.37. The van der Waals surface area contributed by atoms with Gasteiger partial charge in [-0.3, -0.25) is 14.4 Å². The van der Waals surface area contributed by atoms with Crippen LogP contribution in [0.3, 0.4) is 0 Å². The van der Waals surface area contributed by atoms with E-state index in [0.29, 0.717) is 19.3 Å². The predicted octanol–water partition coefficient (Wildman–Crippen LogP) is 20.4. The van der Waals surface area contributed by atoms with E-state index in [1.54, 1.807) is 0 Å². The Balaban J connectivity index is 3.97. The van der Waals surface area contributed by atoms with Crippen molar-refractivity contribution in [2.24, 2.45) is 0 Å². The molecule has 1 unspecified atom stereocenters. The SMILES string of the molecule is CCCCCC/C=C\CCCCCCCC(=O)OC(COC(=O)CCCCCCCCC)COC(=O)CCCCCCCCCCCCCCCCCCCCC/C=C\C/C=C\CCCCCCC. The summed E-state index contributed by atoms with van der Waals surface area (Å²) in [4.78, 5) is 37.9. The third kappa shape index (κ3) is 56.4. The molecular weight excluding hydrogens is 853 g/mol. The van der Waals surface area contributed by atoms with E-state index in [1.165, 1.54) is 218 Å². The summed E-state index contributed by atoms with van der Waals surface area (Å²) in [5.41, 5.74) is 0. The van der Waals surface area contributed by atoms with Crippen LogP contribution in [0.1, 0.15) is 329 Å². The highest BCUT2D eigenvalue weighted by Crippen LogP contribution is 2.17. The van der Waals surface area contributed by atoms with Crippen molar-refractivity contribution in [3.8, 4) is 0 Å². The van der Waals surface area contributed by atoms with Gasteiger partial charge >= 0.3 is 17.9 Å². The summed E-state index contributed by atoms with van der Waals surface area (Å²) >= 11 is 0. The van der Waals surface area contributed by atoms with Crippen molar-refractivity contribution in [3.05, 3.63) is 36.5 Å². The van der Waals surface area contributed by atoms with Crippen LogP contribution in [0, 0.1) is 0 Å². The normalized spacial score (nSPS) is 12.2. The quantitative estimate of drug-likeness (QED) is 0.0261. The number of carbonyl (C=O) groups excluding carboxylic acids is 3. The number of hydrogen-bond donors (Lipinski definition) is 0. The number of rotatable bonds is 56. The fourth-order valence-electron chi connectivity index (χ4n) is 9.00. The van der Waals surface area contributed by atoms with E-state index in [0.717, 1.165) is 70.6 Å². The molecule has 0 saturated heterocycles. The first-order valence-electron chi connectivity index (χ1n) is 30.5. The van der Waals surface area contributed by atoms with Crippen LogP contribution in [-0.4, -0.2) is 37.2 Å². The second-order valence-corrected chi connectivity index (χ2v) is 20.6. The first kappa shape index (κ1) is 66.6. The molecule has 404 valence electrons. The molecular formula is C63H116O6. The molecule has 0 saturated carbocycles. The van der Waals surface area contributed by atoms with Crippen molar-refractivity contribution in [1.29, 1.82) is 0 Å². The van der Waals surface area contributed by atoms with E-state index in [4.69, 9.17) is 14.2 Å². The van der Waals surface area contributed by atoms with Crippen molar-refractivity contribution in [2.45, 2.75) is 335 Å². The Morgan fingerprint density at radius 3 is 0.826 bits per heavy atom. The van der Waals surface area contributed by atoms with Gasteiger partial charge in [0, 0.05) is 19.3 Å². The summed E-state index contributed by atoms with van der Waals surface area (Å²) in [5, 5.41) is 0. The molecule has 0 radical (unpaired) electrons. The molecule has 0 aromatic rings. The minimum atomic E-state index is -0.770. The van der Waals surface area contributed by atoms with Crippen molar-refractivity contribution < 1.29 is 28.6 Å². The summed E-state index contributed by atoms with van der Waals surface area (Å²) in [6.07, 6.45) is 70.4. The lowest BCUT2D eigenvalue weighted by Crippen LogP contribution is -2.30. The van der Waals surface area contributed by atoms with Gasteiger partial charge in [-0.25, -0.2) is 0 Å². The summed E-state index contributed by atoms with van der Waals surface area (Å²) in [6.45, 7) is 6.60. The number of unbranched alkanes of at least 4 members (excludes halogenated alkanes) is 39. The molecule has 1 atom stereocenters. The van der Waals surface area contributed by atoms with Crippen molar-refractivity contribution in [3.63, 3.8) is 0 Å². The smallest absolute Gasteiger partial charge is 0.306 e. The minimum Gasteiger partial charge on any atom is -0.462 e. The van der Waals surface area contributed by atoms with Gasteiger partial charge in [0.1, 0.15) is 13.2 Å². The van der Waals surface area contributed by atoms with Gasteiger partial charge in [-0.2, -0.15) is 0 Å². The fourth-order valence-corrected chi connectivity index (χ4v) is 9.00. The molecule has 6 heteroatoms. The first-order chi connectivity index (χ1) is 34.0. The maximum atomic E-state index is 12.8. The third-order valence-corrected chi connectivity index (χ3v) is 13.6. The van der Waals surface area contributed by atoms with Crippen LogP contribution >= 0.6 is 0 Å². The third-order valence-electron chi connectivity index (χ3n) is 13.6. The molecule has 0 aliphatic rings. The summed E-state index contributed by atoms with van der Waals surface area (Å²) in [7, 11) is 0. The molecule has 0 aromatic heterocycles. The molecule has 0 fully saturated rings. The van der Waals surface area contributed by atoms with E-state index in [1.807, 2.05) is 0 Å². The molecule has 0 rings (SSSR count). The Labute approximate surface area is 429 Å². The maximum absolute atomic E-state index is 12.8. The Morgan fingerprint density at radius 1 is 0.290 bits per heavy atom. The largest absolute Gasteiger partial charge is 0.462 e. The standard InChI is InChI=1S/C63H116O6/c1-4-7-10-13-16-18-20-22-23-24-25-26-27-28-29-30-31-32-33-34-35-36-37-38-39-41-42-44-47-50-53-56-62(65)68-59-60(58-67-61(64)55-52-49-46-15-12-9-6-3)69-63(66)57-54-51-48-45-43-40-21-19-17-14-11-8-5-2/h19-22,24-25,60H,4-18,23,26-59H2,1-3H3/b21-19-,22-20-,25-24-. The van der Waals surface area contributed by atoms with Crippen LogP contribution in [0.25, 0.3) is 0 Å². The highest BCUT2D eigenvalue weighted by atomic mass is 16.6. The van der Waals surface area contributed by atoms with E-state index < -0.39 is 6.10 Å². The first-order valence-corrected chi connectivity index (χ1v) is 30.5. The number of carbonyl (C=O) groups is 3. The van der Waals surface area contributed by atoms with Crippen LogP contribution in [0.2, 0.25) is 0 Å². The van der Waals surface area contributed by atoms with Gasteiger partial charge < -0.3 is 14.2 Å². The second kappa shape index (κ2) is 58.2. The van der Waals surface area contributed by atoms with Gasteiger partial charge in [-0.15, -0.1) is 0 Å². The van der Waals surface area contributed by atoms with Crippen LogP contribution in [0.15, 0.2) is 36.5 Å². The van der Waals surface area contributed by atoms with Crippen molar-refractivity contribution >= 4 is 17.9 Å². The monoisotopic (exact) mass is 969 g/mol. The fraction of sp³-hybridized carbons (Fsp3) is 0.857. The van der Waals surface area contributed by atoms with Gasteiger partial charge in [0.2, 0.25) is 0 Å². The van der Waals surface area contributed by atoms with Crippen LogP contribution in [-0.2, 0) is 28.6 Å². The Bertz CT molecular complexity index is 1160. The molecule has 0 bridgehead atoms. The molecule has 0 aliphatic carbocycles. The average Bonchev–Trinajstić information content (AvgIpc) is 3.35. The average molecular weight is 970 g/mol. The summed E-state index contributed by atoms with van der Waals surface area (Å²) in [5.74, 6) is -0.871. The second-order valence-electron chi connectivity index (χ2n) is 20.6. The lowest BCUT2D eigenvalue weighted by Gasteiger charge is -2.18. The van der Waals surface area contributed by atoms with E-state index in [9.17, 15) is 14.4 Å². The van der Waals surface area contributed by atoms with Gasteiger partial charge in [0.15, 0.2) is 6.10 Å². The lowest BCUT2D eigenvalue weighted by molar-refractivity contribution is -0.167. The molecule has 0 aliphatic heterocycles. The zero-order chi connectivity index (χ0) is 50.0. The number of esters is 3. The van der Waals surface area contributed by atoms with Crippen LogP contribution in [0.4, 0.5) is 0 Å².